The Hall–Kier alpha value is -1.27. The van der Waals surface area contributed by atoms with Gasteiger partial charge in [0.25, 0.3) is 0 Å². The van der Waals surface area contributed by atoms with Gasteiger partial charge in [0.15, 0.2) is 0 Å². The highest BCUT2D eigenvalue weighted by molar-refractivity contribution is 5.37. The summed E-state index contributed by atoms with van der Waals surface area (Å²) in [4.78, 5) is 0. The molecule has 1 N–H and O–H groups in total. The van der Waals surface area contributed by atoms with Crippen LogP contribution in [0.1, 0.15) is 37.4 Å². The molecule has 0 radical (unpaired) electrons. The highest BCUT2D eigenvalue weighted by Gasteiger charge is 2.08. The molecule has 0 saturated heterocycles. The SMILES string of the molecule is CC(C)c1nn(C)cc1C#CCCO. The second-order valence-corrected chi connectivity index (χ2v) is 3.53. The number of aliphatic hydroxyl groups is 1. The molecule has 1 heterocycles. The minimum absolute atomic E-state index is 0.115. The predicted octanol–water partition coefficient (Wildman–Crippen LogP) is 1.28. The van der Waals surface area contributed by atoms with Crippen molar-refractivity contribution in [3.63, 3.8) is 0 Å². The molecule has 1 rings (SSSR count). The Morgan fingerprint density at radius 1 is 1.57 bits per heavy atom. The summed E-state index contributed by atoms with van der Waals surface area (Å²) < 4.78 is 1.78. The van der Waals surface area contributed by atoms with Crippen molar-refractivity contribution >= 4 is 0 Å². The molecule has 76 valence electrons. The van der Waals surface area contributed by atoms with Gasteiger partial charge in [0.1, 0.15) is 0 Å². The summed E-state index contributed by atoms with van der Waals surface area (Å²) in [7, 11) is 1.89. The Morgan fingerprint density at radius 2 is 2.29 bits per heavy atom. The van der Waals surface area contributed by atoms with Crippen LogP contribution >= 0.6 is 0 Å². The van der Waals surface area contributed by atoms with Gasteiger partial charge in [-0.3, -0.25) is 4.68 Å². The zero-order chi connectivity index (χ0) is 10.6. The predicted molar refractivity (Wildman–Crippen MR) is 55.9 cm³/mol. The Bertz CT molecular complexity index is 355. The first kappa shape index (κ1) is 10.8. The van der Waals surface area contributed by atoms with Gasteiger partial charge in [0.05, 0.1) is 17.9 Å². The molecule has 0 saturated carbocycles. The first-order valence-electron chi connectivity index (χ1n) is 4.78. The van der Waals surface area contributed by atoms with E-state index in [1.165, 1.54) is 0 Å². The van der Waals surface area contributed by atoms with Gasteiger partial charge in [-0.2, -0.15) is 5.10 Å². The highest BCUT2D eigenvalue weighted by atomic mass is 16.2. The Morgan fingerprint density at radius 3 is 2.86 bits per heavy atom. The summed E-state index contributed by atoms with van der Waals surface area (Å²) >= 11 is 0. The van der Waals surface area contributed by atoms with Crippen LogP contribution in [0.4, 0.5) is 0 Å². The van der Waals surface area contributed by atoms with Gasteiger partial charge in [0.2, 0.25) is 0 Å². The second-order valence-electron chi connectivity index (χ2n) is 3.53. The average molecular weight is 192 g/mol. The lowest BCUT2D eigenvalue weighted by Gasteiger charge is -1.98. The third kappa shape index (κ3) is 2.61. The molecule has 0 fully saturated rings. The summed E-state index contributed by atoms with van der Waals surface area (Å²) in [6, 6.07) is 0. The highest BCUT2D eigenvalue weighted by Crippen LogP contribution is 2.15. The van der Waals surface area contributed by atoms with E-state index in [2.05, 4.69) is 30.8 Å². The lowest BCUT2D eigenvalue weighted by atomic mass is 10.1. The van der Waals surface area contributed by atoms with Crippen LogP contribution in [-0.2, 0) is 7.05 Å². The summed E-state index contributed by atoms with van der Waals surface area (Å²) in [5.74, 6) is 6.31. The van der Waals surface area contributed by atoms with Gasteiger partial charge in [-0.25, -0.2) is 0 Å². The average Bonchev–Trinajstić information content (AvgIpc) is 2.47. The Labute approximate surface area is 84.8 Å². The number of aliphatic hydroxyl groups excluding tert-OH is 1. The smallest absolute Gasteiger partial charge is 0.0806 e. The van der Waals surface area contributed by atoms with Crippen LogP contribution < -0.4 is 0 Å². The molecule has 0 aromatic carbocycles. The fraction of sp³-hybridized carbons (Fsp3) is 0.545. The van der Waals surface area contributed by atoms with Crippen LogP contribution in [-0.4, -0.2) is 21.5 Å². The van der Waals surface area contributed by atoms with E-state index in [0.29, 0.717) is 12.3 Å². The molecule has 3 heteroatoms. The largest absolute Gasteiger partial charge is 0.395 e. The van der Waals surface area contributed by atoms with E-state index in [9.17, 15) is 0 Å². The maximum absolute atomic E-state index is 8.60. The topological polar surface area (TPSA) is 38.0 Å². The zero-order valence-electron chi connectivity index (χ0n) is 8.91. The van der Waals surface area contributed by atoms with Gasteiger partial charge < -0.3 is 5.11 Å². The number of hydrogen-bond acceptors (Lipinski definition) is 2. The third-order valence-electron chi connectivity index (χ3n) is 1.86. The molecule has 1 aromatic heterocycles. The van der Waals surface area contributed by atoms with E-state index in [4.69, 9.17) is 5.11 Å². The van der Waals surface area contributed by atoms with Crippen LogP contribution in [0.15, 0.2) is 6.20 Å². The third-order valence-corrected chi connectivity index (χ3v) is 1.86. The molecule has 1 aromatic rings. The van der Waals surface area contributed by atoms with Gasteiger partial charge in [-0.15, -0.1) is 0 Å². The molecular weight excluding hydrogens is 176 g/mol. The Kier molecular flexibility index (Phi) is 3.73. The van der Waals surface area contributed by atoms with Crippen LogP contribution in [0.2, 0.25) is 0 Å². The number of nitrogens with zero attached hydrogens (tertiary/aromatic N) is 2. The van der Waals surface area contributed by atoms with Gasteiger partial charge >= 0.3 is 0 Å². The van der Waals surface area contributed by atoms with E-state index in [0.717, 1.165) is 11.3 Å². The zero-order valence-corrected chi connectivity index (χ0v) is 8.91. The number of rotatable bonds is 2. The molecular formula is C11H16N2O. The quantitative estimate of drug-likeness (QED) is 0.717. The summed E-state index contributed by atoms with van der Waals surface area (Å²) in [6.45, 7) is 4.31. The normalized spacial score (nSPS) is 10.1. The number of aryl methyl sites for hydroxylation is 1. The molecule has 0 amide bonds. The number of hydrogen-bond donors (Lipinski definition) is 1. The fourth-order valence-electron chi connectivity index (χ4n) is 1.24. The van der Waals surface area contributed by atoms with Gasteiger partial charge in [0, 0.05) is 19.7 Å². The first-order valence-corrected chi connectivity index (χ1v) is 4.78. The van der Waals surface area contributed by atoms with Crippen LogP contribution in [0.25, 0.3) is 0 Å². The van der Waals surface area contributed by atoms with E-state index in [-0.39, 0.29) is 6.61 Å². The van der Waals surface area contributed by atoms with Gasteiger partial charge in [-0.05, 0) is 5.92 Å². The molecule has 14 heavy (non-hydrogen) atoms. The van der Waals surface area contributed by atoms with Gasteiger partial charge in [-0.1, -0.05) is 25.7 Å². The summed E-state index contributed by atoms with van der Waals surface area (Å²) in [5.41, 5.74) is 1.99. The van der Waals surface area contributed by atoms with Crippen molar-refractivity contribution in [1.82, 2.24) is 9.78 Å². The van der Waals surface area contributed by atoms with Crippen LogP contribution in [0.5, 0.6) is 0 Å². The molecule has 3 nitrogen and oxygen atoms in total. The van der Waals surface area contributed by atoms with Crippen molar-refractivity contribution in [2.45, 2.75) is 26.2 Å². The van der Waals surface area contributed by atoms with Crippen molar-refractivity contribution in [2.75, 3.05) is 6.61 Å². The van der Waals surface area contributed by atoms with Crippen molar-refractivity contribution < 1.29 is 5.11 Å². The molecule has 0 bridgehead atoms. The fourth-order valence-corrected chi connectivity index (χ4v) is 1.24. The lowest BCUT2D eigenvalue weighted by molar-refractivity contribution is 0.305. The minimum atomic E-state index is 0.115. The summed E-state index contributed by atoms with van der Waals surface area (Å²) in [5, 5.41) is 12.9. The Balaban J connectivity index is 2.91. The van der Waals surface area contributed by atoms with Crippen molar-refractivity contribution in [3.05, 3.63) is 17.5 Å². The molecule has 0 spiro atoms. The van der Waals surface area contributed by atoms with Crippen molar-refractivity contribution in [1.29, 1.82) is 0 Å². The van der Waals surface area contributed by atoms with E-state index in [1.807, 2.05) is 13.2 Å². The van der Waals surface area contributed by atoms with E-state index in [1.54, 1.807) is 4.68 Å². The first-order chi connectivity index (χ1) is 6.65. The monoisotopic (exact) mass is 192 g/mol. The molecule has 0 aliphatic carbocycles. The van der Waals surface area contributed by atoms with Crippen LogP contribution in [0.3, 0.4) is 0 Å². The number of aromatic nitrogens is 2. The lowest BCUT2D eigenvalue weighted by Crippen LogP contribution is -1.93. The maximum Gasteiger partial charge on any atom is 0.0806 e. The van der Waals surface area contributed by atoms with E-state index < -0.39 is 0 Å². The molecule has 0 unspecified atom stereocenters. The standard InChI is InChI=1S/C11H16N2O/c1-9(2)11-10(6-4-5-7-14)8-13(3)12-11/h8-9,14H,5,7H2,1-3H3. The van der Waals surface area contributed by atoms with Crippen LogP contribution in [0, 0.1) is 11.8 Å². The molecule has 0 atom stereocenters. The van der Waals surface area contributed by atoms with Crippen molar-refractivity contribution in [3.8, 4) is 11.8 Å². The van der Waals surface area contributed by atoms with E-state index >= 15 is 0 Å². The minimum Gasteiger partial charge on any atom is -0.395 e. The molecule has 0 aliphatic heterocycles. The molecule has 0 aliphatic rings. The summed E-state index contributed by atoms with van der Waals surface area (Å²) in [6.07, 6.45) is 2.44. The second kappa shape index (κ2) is 4.83. The maximum atomic E-state index is 8.60. The van der Waals surface area contributed by atoms with Crippen molar-refractivity contribution in [2.24, 2.45) is 7.05 Å².